The third-order valence-corrected chi connectivity index (χ3v) is 7.95. The third-order valence-electron chi connectivity index (χ3n) is 7.95. The minimum atomic E-state index is 0.121. The van der Waals surface area contributed by atoms with E-state index in [9.17, 15) is 10.1 Å². The van der Waals surface area contributed by atoms with Crippen molar-refractivity contribution >= 4 is 16.7 Å². The van der Waals surface area contributed by atoms with E-state index in [0.29, 0.717) is 5.56 Å². The van der Waals surface area contributed by atoms with Crippen LogP contribution >= 0.6 is 0 Å². The molecule has 1 aliphatic rings. The number of aromatic amines is 1. The lowest BCUT2D eigenvalue weighted by molar-refractivity contribution is -0.960. The summed E-state index contributed by atoms with van der Waals surface area (Å²) in [5, 5.41) is 11.3. The molecule has 3 aromatic carbocycles. The number of nitrogens with one attached hydrogen (secondary N) is 1. The van der Waals surface area contributed by atoms with Crippen molar-refractivity contribution in [2.75, 3.05) is 32.7 Å². The van der Waals surface area contributed by atoms with Gasteiger partial charge >= 0.3 is 0 Å². The Kier molecular flexibility index (Phi) is 7.34. The lowest BCUT2D eigenvalue weighted by Crippen LogP contribution is -2.62. The van der Waals surface area contributed by atoms with Crippen LogP contribution in [0, 0.1) is 11.3 Å². The molecule has 0 aliphatic carbocycles. The molecule has 1 aliphatic heterocycles. The lowest BCUT2D eigenvalue weighted by Gasteiger charge is -2.49. The summed E-state index contributed by atoms with van der Waals surface area (Å²) in [7, 11) is 0. The number of H-pyrrole nitrogens is 1. The number of imidazole rings is 1. The molecular weight excluding hydrogens is 458 g/mol. The van der Waals surface area contributed by atoms with Crippen LogP contribution in [-0.4, -0.2) is 58.0 Å². The highest BCUT2D eigenvalue weighted by atomic mass is 16.2. The highest BCUT2D eigenvalue weighted by molar-refractivity contribution is 6.07. The summed E-state index contributed by atoms with van der Waals surface area (Å²) in [6.07, 6.45) is 6.83. The van der Waals surface area contributed by atoms with Gasteiger partial charge in [-0.25, -0.2) is 4.98 Å². The number of carbonyl (C=O) groups is 1. The molecule has 0 radical (unpaired) electrons. The van der Waals surface area contributed by atoms with Crippen molar-refractivity contribution in [2.45, 2.75) is 32.2 Å². The minimum Gasteiger partial charge on any atom is -0.344 e. The summed E-state index contributed by atoms with van der Waals surface area (Å²) in [4.78, 5) is 23.5. The van der Waals surface area contributed by atoms with Gasteiger partial charge in [-0.3, -0.25) is 4.79 Å². The fourth-order valence-electron chi connectivity index (χ4n) is 5.80. The predicted molar refractivity (Wildman–Crippen MR) is 146 cm³/mol. The molecule has 0 bridgehead atoms. The summed E-state index contributed by atoms with van der Waals surface area (Å²) >= 11 is 0. The molecule has 1 fully saturated rings. The van der Waals surface area contributed by atoms with Gasteiger partial charge in [0.15, 0.2) is 0 Å². The molecule has 0 unspecified atom stereocenters. The number of fused-ring (bicyclic) bond motifs is 1. The van der Waals surface area contributed by atoms with E-state index in [1.54, 1.807) is 6.33 Å². The fraction of sp³-hybridized carbons (Fsp3) is 0.323. The largest absolute Gasteiger partial charge is 0.344 e. The number of piperazine rings is 1. The van der Waals surface area contributed by atoms with Crippen LogP contribution in [0.5, 0.6) is 0 Å². The maximum Gasteiger partial charge on any atom is 0.254 e. The van der Waals surface area contributed by atoms with Gasteiger partial charge in [-0.2, -0.15) is 5.26 Å². The SMILES string of the molecule is CCCC[N+]1([C@@H](Cc2ccc(C#N)cc2)c2cnc[nH]2)CCN(C(=O)c2cccc3ccccc23)CC1. The second-order valence-electron chi connectivity index (χ2n) is 10.1. The first-order valence-electron chi connectivity index (χ1n) is 13.2. The van der Waals surface area contributed by atoms with E-state index in [-0.39, 0.29) is 11.9 Å². The maximum atomic E-state index is 13.7. The monoisotopic (exact) mass is 492 g/mol. The van der Waals surface area contributed by atoms with Crippen LogP contribution in [0.4, 0.5) is 0 Å². The van der Waals surface area contributed by atoms with Crippen LogP contribution in [0.25, 0.3) is 10.8 Å². The minimum absolute atomic E-state index is 0.121. The quantitative estimate of drug-likeness (QED) is 0.331. The van der Waals surface area contributed by atoms with Crippen LogP contribution in [0.2, 0.25) is 0 Å². The fourth-order valence-corrected chi connectivity index (χ4v) is 5.80. The molecule has 0 spiro atoms. The molecule has 1 aromatic heterocycles. The molecule has 0 saturated carbocycles. The Morgan fingerprint density at radius 3 is 2.54 bits per heavy atom. The number of aromatic nitrogens is 2. The second kappa shape index (κ2) is 11.0. The number of amides is 1. The number of nitriles is 1. The highest BCUT2D eigenvalue weighted by Crippen LogP contribution is 2.34. The van der Waals surface area contributed by atoms with Crippen LogP contribution in [0.3, 0.4) is 0 Å². The second-order valence-corrected chi connectivity index (χ2v) is 10.1. The van der Waals surface area contributed by atoms with Crippen molar-refractivity contribution in [3.8, 4) is 6.07 Å². The molecule has 2 heterocycles. The topological polar surface area (TPSA) is 72.8 Å². The molecule has 6 nitrogen and oxygen atoms in total. The molecule has 5 rings (SSSR count). The Balaban J connectivity index is 1.41. The van der Waals surface area contributed by atoms with E-state index in [2.05, 4.69) is 47.2 Å². The van der Waals surface area contributed by atoms with Crippen LogP contribution in [0.1, 0.15) is 53.0 Å². The summed E-state index contributed by atoms with van der Waals surface area (Å²) in [6, 6.07) is 24.5. The van der Waals surface area contributed by atoms with Gasteiger partial charge in [-0.05, 0) is 41.0 Å². The number of hydrogen-bond acceptors (Lipinski definition) is 3. The van der Waals surface area contributed by atoms with E-state index in [1.165, 1.54) is 5.56 Å². The van der Waals surface area contributed by atoms with Crippen molar-refractivity contribution in [1.29, 1.82) is 5.26 Å². The molecule has 4 aromatic rings. The predicted octanol–water partition coefficient (Wildman–Crippen LogP) is 5.49. The van der Waals surface area contributed by atoms with Crippen molar-refractivity contribution in [2.24, 2.45) is 0 Å². The van der Waals surface area contributed by atoms with Crippen molar-refractivity contribution in [1.82, 2.24) is 14.9 Å². The van der Waals surface area contributed by atoms with Gasteiger partial charge in [0, 0.05) is 12.0 Å². The van der Waals surface area contributed by atoms with Gasteiger partial charge < -0.3 is 14.4 Å². The van der Waals surface area contributed by atoms with Gasteiger partial charge in [-0.15, -0.1) is 0 Å². The normalized spacial score (nSPS) is 15.8. The Morgan fingerprint density at radius 1 is 1.08 bits per heavy atom. The zero-order valence-corrected chi connectivity index (χ0v) is 21.4. The Labute approximate surface area is 218 Å². The molecule has 1 atom stereocenters. The van der Waals surface area contributed by atoms with Crippen LogP contribution in [-0.2, 0) is 6.42 Å². The average molecular weight is 493 g/mol. The molecule has 1 amide bonds. The van der Waals surface area contributed by atoms with Gasteiger partial charge in [-0.1, -0.05) is 61.9 Å². The molecule has 1 N–H and O–H groups in total. The lowest BCUT2D eigenvalue weighted by atomic mass is 9.96. The van der Waals surface area contributed by atoms with E-state index < -0.39 is 0 Å². The third kappa shape index (κ3) is 5.14. The van der Waals surface area contributed by atoms with E-state index >= 15 is 0 Å². The van der Waals surface area contributed by atoms with Crippen LogP contribution < -0.4 is 0 Å². The Bertz CT molecular complexity index is 1370. The van der Waals surface area contributed by atoms with E-state index in [0.717, 1.165) is 78.5 Å². The van der Waals surface area contributed by atoms with E-state index in [4.69, 9.17) is 0 Å². The van der Waals surface area contributed by atoms with Gasteiger partial charge in [0.2, 0.25) is 0 Å². The zero-order valence-electron chi connectivity index (χ0n) is 21.4. The highest BCUT2D eigenvalue weighted by Gasteiger charge is 2.42. The standard InChI is InChI=1S/C31H34N5O/c1-2-3-17-36(30(29-22-33-23-34-29)20-24-11-13-25(21-32)14-12-24)18-15-35(16-19-36)31(37)28-10-6-8-26-7-4-5-9-27(26)28/h4-14,22-23,30H,2-3,15-20H2,1H3,(H,33,34)/q+1/t30-/m0/s1. The summed E-state index contributed by atoms with van der Waals surface area (Å²) in [6.45, 7) is 6.55. The van der Waals surface area contributed by atoms with Crippen molar-refractivity contribution in [3.05, 3.63) is 102 Å². The molecular formula is C31H34N5O+. The number of nitrogens with zero attached hydrogens (tertiary/aromatic N) is 4. The van der Waals surface area contributed by atoms with E-state index in [1.807, 2.05) is 53.6 Å². The summed E-state index contributed by atoms with van der Waals surface area (Å²) < 4.78 is 0.926. The van der Waals surface area contributed by atoms with Crippen molar-refractivity contribution in [3.63, 3.8) is 0 Å². The molecule has 188 valence electrons. The average Bonchev–Trinajstić information content (AvgIpc) is 3.49. The molecule has 1 saturated heterocycles. The first-order valence-corrected chi connectivity index (χ1v) is 13.2. The number of unbranched alkanes of at least 4 members (excludes halogenated alkanes) is 1. The number of quaternary nitrogens is 1. The maximum absolute atomic E-state index is 13.7. The smallest absolute Gasteiger partial charge is 0.254 e. The van der Waals surface area contributed by atoms with Gasteiger partial charge in [0.25, 0.3) is 5.91 Å². The zero-order chi connectivity index (χ0) is 25.7. The van der Waals surface area contributed by atoms with Gasteiger partial charge in [0.1, 0.15) is 6.04 Å². The van der Waals surface area contributed by atoms with Crippen LogP contribution in [0.15, 0.2) is 79.3 Å². The van der Waals surface area contributed by atoms with Gasteiger partial charge in [0.05, 0.1) is 62.6 Å². The molecule has 37 heavy (non-hydrogen) atoms. The first kappa shape index (κ1) is 24.7. The number of benzene rings is 3. The number of carbonyl (C=O) groups excluding carboxylic acids is 1. The number of hydrogen-bond donors (Lipinski definition) is 1. The first-order chi connectivity index (χ1) is 18.1. The Morgan fingerprint density at radius 2 is 1.84 bits per heavy atom. The summed E-state index contributed by atoms with van der Waals surface area (Å²) in [5.74, 6) is 0.121. The molecule has 6 heteroatoms. The number of rotatable bonds is 8. The van der Waals surface area contributed by atoms with Crippen molar-refractivity contribution < 1.29 is 9.28 Å². The summed E-state index contributed by atoms with van der Waals surface area (Å²) in [5.41, 5.74) is 3.81. The Hall–Kier alpha value is -3.95.